The van der Waals surface area contributed by atoms with Gasteiger partial charge in [0.25, 0.3) is 0 Å². The van der Waals surface area contributed by atoms with Crippen LogP contribution in [0.3, 0.4) is 0 Å². The lowest BCUT2D eigenvalue weighted by molar-refractivity contribution is -0.116. The molecule has 3 aromatic rings. The Bertz CT molecular complexity index is 1340. The van der Waals surface area contributed by atoms with Crippen molar-refractivity contribution in [2.45, 2.75) is 50.9 Å². The van der Waals surface area contributed by atoms with Crippen LogP contribution in [0.5, 0.6) is 0 Å². The molecule has 0 saturated carbocycles. The Labute approximate surface area is 228 Å². The topological polar surface area (TPSA) is 99.2 Å². The molecule has 1 amide bonds. The van der Waals surface area contributed by atoms with Crippen molar-refractivity contribution in [2.24, 2.45) is 0 Å². The Kier molecular flexibility index (Phi) is 7.36. The van der Waals surface area contributed by atoms with E-state index in [0.717, 1.165) is 73.9 Å². The van der Waals surface area contributed by atoms with Gasteiger partial charge in [0.15, 0.2) is 0 Å². The summed E-state index contributed by atoms with van der Waals surface area (Å²) in [4.78, 5) is 35.0. The number of likely N-dealkylation sites (tertiary alicyclic amines) is 1. The zero-order valence-electron chi connectivity index (χ0n) is 22.4. The molecule has 3 aliphatic rings. The minimum atomic E-state index is -0.368. The second kappa shape index (κ2) is 11.2. The predicted octanol–water partition coefficient (Wildman–Crippen LogP) is 4.41. The van der Waals surface area contributed by atoms with E-state index < -0.39 is 0 Å². The lowest BCUT2D eigenvalue weighted by atomic mass is 9.91. The molecule has 0 aromatic carbocycles. The van der Waals surface area contributed by atoms with Crippen molar-refractivity contribution in [3.63, 3.8) is 0 Å². The van der Waals surface area contributed by atoms with E-state index in [9.17, 15) is 9.18 Å². The maximum absolute atomic E-state index is 13.9. The molecule has 1 unspecified atom stereocenters. The van der Waals surface area contributed by atoms with Crippen LogP contribution in [0.4, 0.5) is 21.7 Å². The fourth-order valence-electron chi connectivity index (χ4n) is 6.04. The Morgan fingerprint density at radius 3 is 2.72 bits per heavy atom. The fourth-order valence-corrected chi connectivity index (χ4v) is 6.04. The van der Waals surface area contributed by atoms with Gasteiger partial charge in [-0.15, -0.1) is 0 Å². The minimum absolute atomic E-state index is 0.0325. The number of carbonyl (C=O) groups excluding carboxylic acids is 1. The largest absolute Gasteiger partial charge is 0.384 e. The van der Waals surface area contributed by atoms with E-state index in [1.165, 1.54) is 44.5 Å². The number of anilines is 3. The van der Waals surface area contributed by atoms with Gasteiger partial charge in [0, 0.05) is 42.9 Å². The number of aromatic nitrogens is 4. The van der Waals surface area contributed by atoms with Crippen molar-refractivity contribution in [1.82, 2.24) is 24.8 Å². The van der Waals surface area contributed by atoms with Crippen molar-refractivity contribution in [2.75, 3.05) is 54.8 Å². The SMILES string of the molecule is CC1C(=O)Nc2ncnc(N3CCC(c4nc(-c5cncc(F)c5)ccc4NCCCN4CCCC4)CC3)c21. The Balaban J connectivity index is 1.20. The van der Waals surface area contributed by atoms with Crippen molar-refractivity contribution in [3.8, 4) is 11.3 Å². The maximum Gasteiger partial charge on any atom is 0.233 e. The first kappa shape index (κ1) is 25.6. The number of piperidine rings is 1. The van der Waals surface area contributed by atoms with Crippen molar-refractivity contribution >= 4 is 23.2 Å². The van der Waals surface area contributed by atoms with Crippen LogP contribution >= 0.6 is 0 Å². The van der Waals surface area contributed by atoms with E-state index in [4.69, 9.17) is 4.98 Å². The third kappa shape index (κ3) is 5.43. The highest BCUT2D eigenvalue weighted by atomic mass is 19.1. The minimum Gasteiger partial charge on any atom is -0.384 e. The fraction of sp³-hybridized carbons (Fsp3) is 0.483. The highest BCUT2D eigenvalue weighted by Crippen LogP contribution is 2.40. The molecule has 9 nitrogen and oxygen atoms in total. The molecule has 204 valence electrons. The number of amides is 1. The van der Waals surface area contributed by atoms with Gasteiger partial charge in [-0.3, -0.25) is 14.8 Å². The first-order valence-corrected chi connectivity index (χ1v) is 14.1. The summed E-state index contributed by atoms with van der Waals surface area (Å²) in [5, 5.41) is 6.52. The molecule has 0 bridgehead atoms. The summed E-state index contributed by atoms with van der Waals surface area (Å²) in [6.07, 6.45) is 9.89. The highest BCUT2D eigenvalue weighted by Gasteiger charge is 2.34. The van der Waals surface area contributed by atoms with E-state index in [1.54, 1.807) is 6.20 Å². The Hall–Kier alpha value is -3.66. The molecular formula is C29H35FN8O. The molecule has 1 atom stereocenters. The summed E-state index contributed by atoms with van der Waals surface area (Å²) in [6.45, 7) is 7.92. The molecule has 0 aliphatic carbocycles. The first-order valence-electron chi connectivity index (χ1n) is 14.1. The van der Waals surface area contributed by atoms with Gasteiger partial charge in [0.05, 0.1) is 29.2 Å². The van der Waals surface area contributed by atoms with Crippen LogP contribution in [0.25, 0.3) is 11.3 Å². The number of hydrogen-bond donors (Lipinski definition) is 2. The quantitative estimate of drug-likeness (QED) is 0.413. The van der Waals surface area contributed by atoms with E-state index >= 15 is 0 Å². The summed E-state index contributed by atoms with van der Waals surface area (Å²) in [5.41, 5.74) is 4.37. The maximum atomic E-state index is 13.9. The summed E-state index contributed by atoms with van der Waals surface area (Å²) >= 11 is 0. The van der Waals surface area contributed by atoms with Gasteiger partial charge in [-0.1, -0.05) is 0 Å². The van der Waals surface area contributed by atoms with E-state index in [-0.39, 0.29) is 23.6 Å². The number of fused-ring (bicyclic) bond motifs is 1. The number of rotatable bonds is 8. The average molecular weight is 531 g/mol. The zero-order valence-corrected chi connectivity index (χ0v) is 22.4. The first-order chi connectivity index (χ1) is 19.1. The Morgan fingerprint density at radius 1 is 1.10 bits per heavy atom. The monoisotopic (exact) mass is 530 g/mol. The van der Waals surface area contributed by atoms with Gasteiger partial charge < -0.3 is 20.4 Å². The second-order valence-electron chi connectivity index (χ2n) is 10.8. The molecule has 3 aromatic heterocycles. The molecule has 10 heteroatoms. The van der Waals surface area contributed by atoms with Crippen LogP contribution < -0.4 is 15.5 Å². The van der Waals surface area contributed by atoms with Gasteiger partial charge in [-0.2, -0.15) is 0 Å². The molecular weight excluding hydrogens is 495 g/mol. The molecule has 2 saturated heterocycles. The van der Waals surface area contributed by atoms with Gasteiger partial charge in [0.1, 0.15) is 23.8 Å². The normalized spacial score (nSPS) is 19.8. The summed E-state index contributed by atoms with van der Waals surface area (Å²) < 4.78 is 13.9. The van der Waals surface area contributed by atoms with Crippen LogP contribution in [0.2, 0.25) is 0 Å². The third-order valence-corrected chi connectivity index (χ3v) is 8.20. The van der Waals surface area contributed by atoms with Crippen LogP contribution in [0.15, 0.2) is 36.9 Å². The van der Waals surface area contributed by atoms with Gasteiger partial charge in [-0.25, -0.2) is 14.4 Å². The van der Waals surface area contributed by atoms with Gasteiger partial charge in [-0.05, 0) is 76.9 Å². The smallest absolute Gasteiger partial charge is 0.233 e. The highest BCUT2D eigenvalue weighted by molar-refractivity contribution is 6.03. The average Bonchev–Trinajstić information content (AvgIpc) is 3.59. The van der Waals surface area contributed by atoms with Crippen LogP contribution in [0.1, 0.15) is 62.1 Å². The van der Waals surface area contributed by atoms with E-state index in [2.05, 4.69) is 41.5 Å². The summed E-state index contributed by atoms with van der Waals surface area (Å²) in [6, 6.07) is 5.52. The molecule has 0 spiro atoms. The number of nitrogens with zero attached hydrogens (tertiary/aromatic N) is 6. The van der Waals surface area contributed by atoms with Crippen LogP contribution in [-0.2, 0) is 4.79 Å². The molecule has 0 radical (unpaired) electrons. The zero-order chi connectivity index (χ0) is 26.8. The van der Waals surface area contributed by atoms with E-state index in [1.807, 2.05) is 13.0 Å². The molecule has 2 N–H and O–H groups in total. The van der Waals surface area contributed by atoms with E-state index in [0.29, 0.717) is 11.4 Å². The number of halogens is 1. The van der Waals surface area contributed by atoms with Crippen LogP contribution in [-0.4, -0.2) is 70.0 Å². The number of hydrogen-bond acceptors (Lipinski definition) is 8. The second-order valence-corrected chi connectivity index (χ2v) is 10.8. The van der Waals surface area contributed by atoms with Crippen molar-refractivity contribution < 1.29 is 9.18 Å². The summed E-state index contributed by atoms with van der Waals surface area (Å²) in [7, 11) is 0. The third-order valence-electron chi connectivity index (χ3n) is 8.20. The predicted molar refractivity (Wildman–Crippen MR) is 149 cm³/mol. The number of pyridine rings is 2. The molecule has 39 heavy (non-hydrogen) atoms. The number of nitrogens with one attached hydrogen (secondary N) is 2. The van der Waals surface area contributed by atoms with Crippen molar-refractivity contribution in [3.05, 3.63) is 54.0 Å². The molecule has 3 aliphatic heterocycles. The van der Waals surface area contributed by atoms with Crippen LogP contribution in [0, 0.1) is 5.82 Å². The molecule has 2 fully saturated rings. The Morgan fingerprint density at radius 2 is 1.92 bits per heavy atom. The molecule has 6 rings (SSSR count). The van der Waals surface area contributed by atoms with Crippen molar-refractivity contribution in [1.29, 1.82) is 0 Å². The summed E-state index contributed by atoms with van der Waals surface area (Å²) in [5.74, 6) is 1.05. The lowest BCUT2D eigenvalue weighted by Crippen LogP contribution is -2.35. The van der Waals surface area contributed by atoms with Gasteiger partial charge in [0.2, 0.25) is 5.91 Å². The standard InChI is InChI=1S/C29H35FN8O/c1-19-25-27(36-29(19)39)33-18-34-28(25)38-13-7-20(8-14-38)26-24(32-9-4-12-37-10-2-3-11-37)6-5-23(35-26)21-15-22(30)17-31-16-21/h5-6,15-20,32H,2-4,7-14H2,1H3,(H,33,34,36,39). The molecule has 6 heterocycles. The number of carbonyl (C=O) groups is 1. The lowest BCUT2D eigenvalue weighted by Gasteiger charge is -2.34. The van der Waals surface area contributed by atoms with Gasteiger partial charge >= 0.3 is 0 Å².